The van der Waals surface area contributed by atoms with Gasteiger partial charge in [-0.15, -0.1) is 0 Å². The van der Waals surface area contributed by atoms with Gasteiger partial charge in [-0.05, 0) is 49.6 Å². The molecule has 0 aliphatic carbocycles. The topological polar surface area (TPSA) is 103 Å². The average molecular weight is 381 g/mol. The number of carbonyl (C=O) groups excluding carboxylic acids is 3. The maximum Gasteiger partial charge on any atom is 0.321 e. The Labute approximate surface area is 163 Å². The minimum atomic E-state index is -0.487. The van der Waals surface area contributed by atoms with E-state index in [1.54, 1.807) is 23.1 Å². The zero-order valence-corrected chi connectivity index (χ0v) is 15.6. The van der Waals surface area contributed by atoms with Crippen LogP contribution in [0.1, 0.15) is 28.9 Å². The Morgan fingerprint density at radius 1 is 1.11 bits per heavy atom. The number of hydrogen-bond donors (Lipinski definition) is 3. The number of aromatic nitrogens is 1. The normalized spacial score (nSPS) is 16.2. The van der Waals surface area contributed by atoms with Crippen molar-refractivity contribution in [1.29, 1.82) is 0 Å². The molecule has 0 radical (unpaired) electrons. The van der Waals surface area contributed by atoms with Crippen molar-refractivity contribution in [2.45, 2.75) is 19.8 Å². The molecule has 1 aromatic heterocycles. The van der Waals surface area contributed by atoms with Crippen molar-refractivity contribution >= 4 is 23.5 Å². The molecule has 0 spiro atoms. The molecule has 8 heteroatoms. The second kappa shape index (κ2) is 8.98. The van der Waals surface area contributed by atoms with Crippen LogP contribution in [0.2, 0.25) is 0 Å². The Morgan fingerprint density at radius 3 is 2.71 bits per heavy atom. The number of amides is 4. The van der Waals surface area contributed by atoms with Crippen molar-refractivity contribution in [2.75, 3.05) is 18.4 Å². The summed E-state index contributed by atoms with van der Waals surface area (Å²) in [5, 5.41) is 2.86. The van der Waals surface area contributed by atoms with Gasteiger partial charge in [-0.1, -0.05) is 18.2 Å². The predicted molar refractivity (Wildman–Crippen MR) is 104 cm³/mol. The fourth-order valence-corrected chi connectivity index (χ4v) is 3.08. The van der Waals surface area contributed by atoms with Crippen molar-refractivity contribution in [2.24, 2.45) is 5.92 Å². The molecule has 1 atom stereocenters. The molecule has 1 unspecified atom stereocenters. The smallest absolute Gasteiger partial charge is 0.321 e. The number of anilines is 1. The first-order valence-corrected chi connectivity index (χ1v) is 9.17. The summed E-state index contributed by atoms with van der Waals surface area (Å²) in [6.07, 6.45) is 2.87. The van der Waals surface area contributed by atoms with Crippen LogP contribution in [0.5, 0.6) is 0 Å². The fraction of sp³-hybridized carbons (Fsp3) is 0.300. The van der Waals surface area contributed by atoms with E-state index in [2.05, 4.69) is 21.2 Å². The van der Waals surface area contributed by atoms with Gasteiger partial charge in [0, 0.05) is 25.0 Å². The summed E-state index contributed by atoms with van der Waals surface area (Å²) in [7, 11) is 0. The lowest BCUT2D eigenvalue weighted by Crippen LogP contribution is -2.50. The van der Waals surface area contributed by atoms with Crippen LogP contribution in [0.3, 0.4) is 0 Å². The highest BCUT2D eigenvalue weighted by molar-refractivity contribution is 5.94. The number of hydrogen-bond acceptors (Lipinski definition) is 4. The lowest BCUT2D eigenvalue weighted by atomic mass is 9.98. The summed E-state index contributed by atoms with van der Waals surface area (Å²) in [4.78, 5) is 42.4. The van der Waals surface area contributed by atoms with Crippen LogP contribution < -0.4 is 16.2 Å². The summed E-state index contributed by atoms with van der Waals surface area (Å²) < 4.78 is 0. The van der Waals surface area contributed by atoms with Crippen LogP contribution >= 0.6 is 0 Å². The number of rotatable bonds is 3. The van der Waals surface area contributed by atoms with Gasteiger partial charge in [-0.2, -0.15) is 0 Å². The zero-order valence-electron chi connectivity index (χ0n) is 15.6. The molecule has 1 fully saturated rings. The van der Waals surface area contributed by atoms with E-state index < -0.39 is 5.91 Å². The van der Waals surface area contributed by atoms with Gasteiger partial charge < -0.3 is 10.2 Å². The quantitative estimate of drug-likeness (QED) is 0.708. The molecule has 1 aliphatic heterocycles. The van der Waals surface area contributed by atoms with Crippen LogP contribution in [-0.2, 0) is 4.79 Å². The average Bonchev–Trinajstić information content (AvgIpc) is 2.72. The van der Waals surface area contributed by atoms with E-state index in [0.29, 0.717) is 25.9 Å². The summed E-state index contributed by atoms with van der Waals surface area (Å²) in [5.41, 5.74) is 6.78. The fourth-order valence-electron chi connectivity index (χ4n) is 3.08. The molecular weight excluding hydrogens is 358 g/mol. The van der Waals surface area contributed by atoms with Crippen molar-refractivity contribution in [3.63, 3.8) is 0 Å². The maximum atomic E-state index is 12.5. The molecule has 2 heterocycles. The van der Waals surface area contributed by atoms with Crippen molar-refractivity contribution in [1.82, 2.24) is 20.7 Å². The molecule has 1 saturated heterocycles. The number of urea groups is 1. The van der Waals surface area contributed by atoms with Gasteiger partial charge in [0.25, 0.3) is 5.91 Å². The molecule has 28 heavy (non-hydrogen) atoms. The highest BCUT2D eigenvalue weighted by atomic mass is 16.2. The minimum absolute atomic E-state index is 0.214. The van der Waals surface area contributed by atoms with E-state index in [9.17, 15) is 14.4 Å². The molecule has 1 aliphatic rings. The van der Waals surface area contributed by atoms with Crippen LogP contribution in [0.25, 0.3) is 0 Å². The number of hydrazine groups is 1. The number of nitrogens with one attached hydrogen (secondary N) is 3. The molecule has 8 nitrogen and oxygen atoms in total. The Bertz CT molecular complexity index is 856. The molecule has 3 N–H and O–H groups in total. The SMILES string of the molecule is Cc1cccc(NC(=O)N2CCCC(C(=O)NNC(=O)c3ccccn3)C2)c1. The molecule has 0 saturated carbocycles. The number of carbonyl (C=O) groups is 3. The van der Waals surface area contributed by atoms with Gasteiger partial charge in [0.2, 0.25) is 5.91 Å². The number of piperidine rings is 1. The Morgan fingerprint density at radius 2 is 1.96 bits per heavy atom. The van der Waals surface area contributed by atoms with Crippen molar-refractivity contribution in [3.05, 3.63) is 59.9 Å². The highest BCUT2D eigenvalue weighted by Gasteiger charge is 2.28. The maximum absolute atomic E-state index is 12.5. The molecule has 146 valence electrons. The molecule has 2 aromatic rings. The van der Waals surface area contributed by atoms with Crippen molar-refractivity contribution < 1.29 is 14.4 Å². The monoisotopic (exact) mass is 381 g/mol. The first kappa shape index (κ1) is 19.3. The first-order chi connectivity index (χ1) is 13.5. The van der Waals surface area contributed by atoms with E-state index >= 15 is 0 Å². The van der Waals surface area contributed by atoms with Gasteiger partial charge >= 0.3 is 6.03 Å². The summed E-state index contributed by atoms with van der Waals surface area (Å²) in [6, 6.07) is 12.3. The third-order valence-electron chi connectivity index (χ3n) is 4.55. The molecule has 3 rings (SSSR count). The van der Waals surface area contributed by atoms with Gasteiger partial charge in [0.15, 0.2) is 0 Å². The van der Waals surface area contributed by atoms with Gasteiger partial charge in [-0.25, -0.2) is 4.79 Å². The Hall–Kier alpha value is -3.42. The molecule has 0 bridgehead atoms. The third kappa shape index (κ3) is 5.06. The Kier molecular flexibility index (Phi) is 6.21. The Balaban J connectivity index is 1.51. The van der Waals surface area contributed by atoms with E-state index in [0.717, 1.165) is 11.3 Å². The van der Waals surface area contributed by atoms with E-state index in [1.807, 2.05) is 31.2 Å². The van der Waals surface area contributed by atoms with Crippen molar-refractivity contribution in [3.8, 4) is 0 Å². The lowest BCUT2D eigenvalue weighted by Gasteiger charge is -2.32. The van der Waals surface area contributed by atoms with E-state index in [1.165, 1.54) is 6.20 Å². The number of benzene rings is 1. The second-order valence-corrected chi connectivity index (χ2v) is 6.74. The minimum Gasteiger partial charge on any atom is -0.324 e. The standard InChI is InChI=1S/C20H23N5O3/c1-14-6-4-8-16(12-14)22-20(28)25-11-5-7-15(13-25)18(26)23-24-19(27)17-9-2-3-10-21-17/h2-4,6,8-10,12,15H,5,7,11,13H2,1H3,(H,22,28)(H,23,26)(H,24,27). The summed E-state index contributed by atoms with van der Waals surface area (Å²) in [6.45, 7) is 2.83. The first-order valence-electron chi connectivity index (χ1n) is 9.17. The van der Waals surface area contributed by atoms with Crippen LogP contribution in [0, 0.1) is 12.8 Å². The number of nitrogens with zero attached hydrogens (tertiary/aromatic N) is 2. The van der Waals surface area contributed by atoms with E-state index in [-0.39, 0.29) is 23.6 Å². The molecule has 4 amide bonds. The van der Waals surface area contributed by atoms with Gasteiger partial charge in [0.05, 0.1) is 5.92 Å². The van der Waals surface area contributed by atoms with Crippen LogP contribution in [-0.4, -0.2) is 40.8 Å². The number of pyridine rings is 1. The van der Waals surface area contributed by atoms with Gasteiger partial charge in [0.1, 0.15) is 5.69 Å². The molecular formula is C20H23N5O3. The van der Waals surface area contributed by atoms with E-state index in [4.69, 9.17) is 0 Å². The van der Waals surface area contributed by atoms with Crippen LogP contribution in [0.15, 0.2) is 48.7 Å². The third-order valence-corrected chi connectivity index (χ3v) is 4.55. The zero-order chi connectivity index (χ0) is 19.9. The summed E-state index contributed by atoms with van der Waals surface area (Å²) in [5.74, 6) is -1.20. The number of aryl methyl sites for hydroxylation is 1. The van der Waals surface area contributed by atoms with Gasteiger partial charge in [-0.3, -0.25) is 25.4 Å². The lowest BCUT2D eigenvalue weighted by molar-refractivity contribution is -0.127. The highest BCUT2D eigenvalue weighted by Crippen LogP contribution is 2.18. The number of likely N-dealkylation sites (tertiary alicyclic amines) is 1. The summed E-state index contributed by atoms with van der Waals surface area (Å²) >= 11 is 0. The largest absolute Gasteiger partial charge is 0.324 e. The van der Waals surface area contributed by atoms with Crippen LogP contribution in [0.4, 0.5) is 10.5 Å². The molecule has 1 aromatic carbocycles. The second-order valence-electron chi connectivity index (χ2n) is 6.74. The predicted octanol–water partition coefficient (Wildman–Crippen LogP) is 2.10.